The first-order chi connectivity index (χ1) is 7.67. The van der Waals surface area contributed by atoms with Gasteiger partial charge in [0.05, 0.1) is 5.02 Å². The van der Waals surface area contributed by atoms with E-state index in [1.165, 1.54) is 12.8 Å². The maximum Gasteiger partial charge on any atom is 0.0542 e. The molecule has 0 saturated carbocycles. The zero-order chi connectivity index (χ0) is 12.0. The van der Waals surface area contributed by atoms with Gasteiger partial charge < -0.3 is 5.32 Å². The number of halogens is 2. The second-order valence-electron chi connectivity index (χ2n) is 3.66. The topological polar surface area (TPSA) is 12.0 Å². The Labute approximate surface area is 112 Å². The number of hydrogen-bond acceptors (Lipinski definition) is 2. The number of rotatable bonds is 6. The first kappa shape index (κ1) is 14.2. The predicted molar refractivity (Wildman–Crippen MR) is 74.9 cm³/mol. The maximum absolute atomic E-state index is 6.10. The van der Waals surface area contributed by atoms with Crippen LogP contribution < -0.4 is 5.32 Å². The van der Waals surface area contributed by atoms with E-state index in [1.54, 1.807) is 11.8 Å². The van der Waals surface area contributed by atoms with Crippen molar-refractivity contribution in [1.82, 2.24) is 5.32 Å². The standard InChI is InChI=1S/C12H17Cl2NS/c1-3-4-10(15-2)8-16-12-7-9(13)5-6-11(12)14/h5-7,10,15H,3-4,8H2,1-2H3. The van der Waals surface area contributed by atoms with Gasteiger partial charge in [0.25, 0.3) is 0 Å². The molecule has 4 heteroatoms. The summed E-state index contributed by atoms with van der Waals surface area (Å²) in [7, 11) is 2.00. The summed E-state index contributed by atoms with van der Waals surface area (Å²) in [4.78, 5) is 1.06. The fourth-order valence-corrected chi connectivity index (χ4v) is 3.09. The van der Waals surface area contributed by atoms with E-state index in [2.05, 4.69) is 12.2 Å². The highest BCUT2D eigenvalue weighted by atomic mass is 35.5. The van der Waals surface area contributed by atoms with Gasteiger partial charge in [0, 0.05) is 21.7 Å². The molecule has 0 aromatic heterocycles. The summed E-state index contributed by atoms with van der Waals surface area (Å²) < 4.78 is 0. The van der Waals surface area contributed by atoms with Crippen molar-refractivity contribution in [1.29, 1.82) is 0 Å². The van der Waals surface area contributed by atoms with Crippen LogP contribution in [0.4, 0.5) is 0 Å². The number of benzene rings is 1. The number of thioether (sulfide) groups is 1. The van der Waals surface area contributed by atoms with Gasteiger partial charge >= 0.3 is 0 Å². The van der Waals surface area contributed by atoms with Crippen molar-refractivity contribution in [3.63, 3.8) is 0 Å². The first-order valence-corrected chi connectivity index (χ1v) is 7.16. The maximum atomic E-state index is 6.10. The monoisotopic (exact) mass is 277 g/mol. The molecule has 0 radical (unpaired) electrons. The second kappa shape index (κ2) is 7.44. The zero-order valence-electron chi connectivity index (χ0n) is 9.59. The molecule has 1 N–H and O–H groups in total. The summed E-state index contributed by atoms with van der Waals surface area (Å²) in [6.45, 7) is 2.20. The molecule has 90 valence electrons. The molecule has 0 bridgehead atoms. The Bertz CT molecular complexity index is 331. The van der Waals surface area contributed by atoms with Crippen molar-refractivity contribution in [3.8, 4) is 0 Å². The third-order valence-electron chi connectivity index (χ3n) is 2.38. The van der Waals surface area contributed by atoms with Gasteiger partial charge in [0.2, 0.25) is 0 Å². The van der Waals surface area contributed by atoms with Crippen LogP contribution in [0.15, 0.2) is 23.1 Å². The van der Waals surface area contributed by atoms with Crippen LogP contribution in [0.3, 0.4) is 0 Å². The number of nitrogens with one attached hydrogen (secondary N) is 1. The van der Waals surface area contributed by atoms with Gasteiger partial charge in [-0.3, -0.25) is 0 Å². The molecule has 0 saturated heterocycles. The van der Waals surface area contributed by atoms with Crippen LogP contribution in [0.1, 0.15) is 19.8 Å². The van der Waals surface area contributed by atoms with Crippen LogP contribution in [0, 0.1) is 0 Å². The first-order valence-electron chi connectivity index (χ1n) is 5.42. The molecule has 0 aliphatic rings. The van der Waals surface area contributed by atoms with Gasteiger partial charge in [-0.25, -0.2) is 0 Å². The Hall–Kier alpha value is 0.110. The summed E-state index contributed by atoms with van der Waals surface area (Å²) in [5, 5.41) is 4.83. The molecule has 0 aliphatic carbocycles. The van der Waals surface area contributed by atoms with E-state index in [0.717, 1.165) is 20.7 Å². The van der Waals surface area contributed by atoms with Crippen LogP contribution in [0.25, 0.3) is 0 Å². The van der Waals surface area contributed by atoms with Gasteiger partial charge in [0.15, 0.2) is 0 Å². The molecule has 1 atom stereocenters. The van der Waals surface area contributed by atoms with Crippen molar-refractivity contribution in [2.24, 2.45) is 0 Å². The van der Waals surface area contributed by atoms with Crippen molar-refractivity contribution >= 4 is 35.0 Å². The molecule has 16 heavy (non-hydrogen) atoms. The summed E-state index contributed by atoms with van der Waals surface area (Å²) in [6, 6.07) is 6.12. The van der Waals surface area contributed by atoms with E-state index in [0.29, 0.717) is 6.04 Å². The van der Waals surface area contributed by atoms with Crippen LogP contribution in [-0.2, 0) is 0 Å². The van der Waals surface area contributed by atoms with Crippen molar-refractivity contribution in [2.45, 2.75) is 30.7 Å². The van der Waals surface area contributed by atoms with Gasteiger partial charge in [-0.1, -0.05) is 36.5 Å². The Morgan fingerprint density at radius 3 is 2.75 bits per heavy atom. The van der Waals surface area contributed by atoms with Crippen molar-refractivity contribution in [2.75, 3.05) is 12.8 Å². The average Bonchev–Trinajstić information content (AvgIpc) is 2.28. The molecular formula is C12H17Cl2NS. The highest BCUT2D eigenvalue weighted by Crippen LogP contribution is 2.30. The second-order valence-corrected chi connectivity index (χ2v) is 5.57. The average molecular weight is 278 g/mol. The quantitative estimate of drug-likeness (QED) is 0.770. The Kier molecular flexibility index (Phi) is 6.59. The van der Waals surface area contributed by atoms with E-state index in [9.17, 15) is 0 Å². The lowest BCUT2D eigenvalue weighted by Crippen LogP contribution is -2.27. The SMILES string of the molecule is CCCC(CSc1cc(Cl)ccc1Cl)NC. The van der Waals surface area contributed by atoms with E-state index in [1.807, 2.05) is 25.2 Å². The third kappa shape index (κ3) is 4.54. The minimum Gasteiger partial charge on any atom is -0.316 e. The van der Waals surface area contributed by atoms with Gasteiger partial charge in [-0.05, 0) is 31.7 Å². The van der Waals surface area contributed by atoms with E-state index >= 15 is 0 Å². The van der Waals surface area contributed by atoms with E-state index < -0.39 is 0 Å². The lowest BCUT2D eigenvalue weighted by Gasteiger charge is -2.15. The largest absolute Gasteiger partial charge is 0.316 e. The Balaban J connectivity index is 2.55. The molecule has 0 amide bonds. The minimum absolute atomic E-state index is 0.532. The molecule has 1 aromatic rings. The lowest BCUT2D eigenvalue weighted by molar-refractivity contribution is 0.565. The molecule has 1 aromatic carbocycles. The molecular weight excluding hydrogens is 261 g/mol. The molecule has 0 aliphatic heterocycles. The van der Waals surface area contributed by atoms with Crippen LogP contribution >= 0.6 is 35.0 Å². The summed E-state index contributed by atoms with van der Waals surface area (Å²) in [5.74, 6) is 1.02. The van der Waals surface area contributed by atoms with E-state index in [4.69, 9.17) is 23.2 Å². The fraction of sp³-hybridized carbons (Fsp3) is 0.500. The smallest absolute Gasteiger partial charge is 0.0542 e. The van der Waals surface area contributed by atoms with Gasteiger partial charge in [-0.2, -0.15) is 0 Å². The summed E-state index contributed by atoms with van der Waals surface area (Å²) in [5.41, 5.74) is 0. The lowest BCUT2D eigenvalue weighted by atomic mass is 10.2. The van der Waals surface area contributed by atoms with Gasteiger partial charge in [0.1, 0.15) is 0 Å². The van der Waals surface area contributed by atoms with Crippen LogP contribution in [-0.4, -0.2) is 18.8 Å². The number of hydrogen-bond donors (Lipinski definition) is 1. The van der Waals surface area contributed by atoms with E-state index in [-0.39, 0.29) is 0 Å². The highest BCUT2D eigenvalue weighted by Gasteiger charge is 2.08. The molecule has 1 nitrogen and oxygen atoms in total. The summed E-state index contributed by atoms with van der Waals surface area (Å²) >= 11 is 13.8. The predicted octanol–water partition coefficient (Wildman–Crippen LogP) is 4.47. The Morgan fingerprint density at radius 2 is 2.12 bits per heavy atom. The molecule has 0 heterocycles. The van der Waals surface area contributed by atoms with Gasteiger partial charge in [-0.15, -0.1) is 11.8 Å². The molecule has 0 fully saturated rings. The zero-order valence-corrected chi connectivity index (χ0v) is 11.9. The van der Waals surface area contributed by atoms with Crippen LogP contribution in [0.2, 0.25) is 10.0 Å². The third-order valence-corrected chi connectivity index (χ3v) is 4.27. The van der Waals surface area contributed by atoms with Crippen molar-refractivity contribution in [3.05, 3.63) is 28.2 Å². The molecule has 1 rings (SSSR count). The normalized spacial score (nSPS) is 12.8. The van der Waals surface area contributed by atoms with Crippen molar-refractivity contribution < 1.29 is 0 Å². The Morgan fingerprint density at radius 1 is 1.38 bits per heavy atom. The fourth-order valence-electron chi connectivity index (χ4n) is 1.44. The summed E-state index contributed by atoms with van der Waals surface area (Å²) in [6.07, 6.45) is 2.37. The van der Waals surface area contributed by atoms with Crippen LogP contribution in [0.5, 0.6) is 0 Å². The molecule has 0 spiro atoms. The molecule has 1 unspecified atom stereocenters. The highest BCUT2D eigenvalue weighted by molar-refractivity contribution is 7.99. The minimum atomic E-state index is 0.532.